The highest BCUT2D eigenvalue weighted by atomic mass is 32.2. The molecule has 0 saturated heterocycles. The van der Waals surface area contributed by atoms with Crippen molar-refractivity contribution in [1.29, 1.82) is 0 Å². The SMILES string of the molecule is CCn1c2cc(-c3cc(OC)c(OS(=O)(=O)C(F)(F)F)cc3C=O)c(C(=O)OC)cc2c2cc(C)cc(C)c21. The second-order valence-corrected chi connectivity index (χ2v) is 10.4. The summed E-state index contributed by atoms with van der Waals surface area (Å²) in [4.78, 5) is 25.0. The normalized spacial score (nSPS) is 12.1. The maximum absolute atomic E-state index is 12.9. The van der Waals surface area contributed by atoms with Gasteiger partial charge in [0.05, 0.1) is 25.3 Å². The highest BCUT2D eigenvalue weighted by Gasteiger charge is 2.49. The van der Waals surface area contributed by atoms with Crippen molar-refractivity contribution in [2.45, 2.75) is 32.8 Å². The topological polar surface area (TPSA) is 101 Å². The minimum absolute atomic E-state index is 0.0843. The Bertz CT molecular complexity index is 1760. The van der Waals surface area contributed by atoms with Gasteiger partial charge < -0.3 is 18.2 Å². The number of esters is 1. The van der Waals surface area contributed by atoms with Gasteiger partial charge in [0.25, 0.3) is 0 Å². The third-order valence-corrected chi connectivity index (χ3v) is 7.35. The maximum Gasteiger partial charge on any atom is 0.534 e. The fraction of sp³-hybridized carbons (Fsp3) is 0.259. The molecule has 0 fully saturated rings. The first kappa shape index (κ1) is 28.0. The van der Waals surface area contributed by atoms with Gasteiger partial charge in [0.1, 0.15) is 0 Å². The van der Waals surface area contributed by atoms with Gasteiger partial charge in [-0.05, 0) is 67.8 Å². The van der Waals surface area contributed by atoms with Crippen molar-refractivity contribution in [1.82, 2.24) is 4.57 Å². The Balaban J connectivity index is 2.08. The zero-order valence-corrected chi connectivity index (χ0v) is 22.4. The number of halogens is 3. The van der Waals surface area contributed by atoms with Crippen LogP contribution >= 0.6 is 0 Å². The summed E-state index contributed by atoms with van der Waals surface area (Å²) in [7, 11) is -3.76. The zero-order valence-electron chi connectivity index (χ0n) is 21.6. The number of hydrogen-bond acceptors (Lipinski definition) is 7. The van der Waals surface area contributed by atoms with E-state index in [4.69, 9.17) is 9.47 Å². The summed E-state index contributed by atoms with van der Waals surface area (Å²) >= 11 is 0. The predicted molar refractivity (Wildman–Crippen MR) is 139 cm³/mol. The number of fused-ring (bicyclic) bond motifs is 3. The molecule has 0 bridgehead atoms. The van der Waals surface area contributed by atoms with Gasteiger partial charge in [-0.1, -0.05) is 11.6 Å². The van der Waals surface area contributed by atoms with E-state index in [-0.39, 0.29) is 22.3 Å². The van der Waals surface area contributed by atoms with Crippen LogP contribution in [0.25, 0.3) is 32.9 Å². The fourth-order valence-electron chi connectivity index (χ4n) is 4.80. The van der Waals surface area contributed by atoms with Crippen LogP contribution < -0.4 is 8.92 Å². The van der Waals surface area contributed by atoms with E-state index in [2.05, 4.69) is 8.75 Å². The van der Waals surface area contributed by atoms with Crippen LogP contribution in [0.15, 0.2) is 36.4 Å². The summed E-state index contributed by atoms with van der Waals surface area (Å²) in [5, 5.41) is 1.67. The van der Waals surface area contributed by atoms with Gasteiger partial charge in [-0.15, -0.1) is 0 Å². The predicted octanol–water partition coefficient (Wildman–Crippen LogP) is 5.93. The molecule has 4 aromatic rings. The molecule has 0 aliphatic rings. The van der Waals surface area contributed by atoms with Crippen molar-refractivity contribution in [3.05, 3.63) is 58.7 Å². The van der Waals surface area contributed by atoms with Crippen LogP contribution in [-0.2, 0) is 21.4 Å². The molecule has 1 heterocycles. The number of aryl methyl sites for hydroxylation is 3. The third kappa shape index (κ3) is 4.69. The fourth-order valence-corrected chi connectivity index (χ4v) is 5.26. The number of hydrogen-bond donors (Lipinski definition) is 0. The van der Waals surface area contributed by atoms with E-state index >= 15 is 0 Å². The van der Waals surface area contributed by atoms with E-state index in [1.165, 1.54) is 7.11 Å². The molecule has 12 heteroatoms. The van der Waals surface area contributed by atoms with Crippen LogP contribution in [0.2, 0.25) is 0 Å². The number of nitrogens with zero attached hydrogens (tertiary/aromatic N) is 1. The van der Waals surface area contributed by atoms with Gasteiger partial charge in [0.2, 0.25) is 0 Å². The monoisotopic (exact) mass is 563 g/mol. The van der Waals surface area contributed by atoms with Gasteiger partial charge in [-0.25, -0.2) is 4.79 Å². The highest BCUT2D eigenvalue weighted by molar-refractivity contribution is 7.88. The molecule has 0 saturated carbocycles. The standard InChI is InChI=1S/C27H24F3NO7S/c1-6-31-22-11-18(21(26(33)37-5)10-19(22)20-8-14(2)7-15(3)25(20)31)17-12-23(36-4)24(9-16(17)13-32)38-39(34,35)27(28,29)30/h7-13H,6H2,1-5H3. The quantitative estimate of drug-likeness (QED) is 0.119. The van der Waals surface area contributed by atoms with Crippen molar-refractivity contribution in [3.63, 3.8) is 0 Å². The molecular weight excluding hydrogens is 539 g/mol. The Morgan fingerprint density at radius 3 is 2.23 bits per heavy atom. The van der Waals surface area contributed by atoms with Crippen molar-refractivity contribution < 1.29 is 44.8 Å². The summed E-state index contributed by atoms with van der Waals surface area (Å²) in [6, 6.07) is 9.34. The minimum Gasteiger partial charge on any atom is -0.493 e. The number of aromatic nitrogens is 1. The average Bonchev–Trinajstić information content (AvgIpc) is 3.19. The lowest BCUT2D eigenvalue weighted by Gasteiger charge is -2.17. The summed E-state index contributed by atoms with van der Waals surface area (Å²) in [6.07, 6.45) is 0.315. The molecule has 0 atom stereocenters. The summed E-state index contributed by atoms with van der Waals surface area (Å²) in [6.45, 7) is 6.47. The Labute approximate surface area is 222 Å². The maximum atomic E-state index is 12.9. The Hall–Kier alpha value is -4.06. The van der Waals surface area contributed by atoms with Crippen molar-refractivity contribution in [2.75, 3.05) is 14.2 Å². The Morgan fingerprint density at radius 2 is 1.67 bits per heavy atom. The number of ether oxygens (including phenoxy) is 2. The lowest BCUT2D eigenvalue weighted by Crippen LogP contribution is -2.28. The van der Waals surface area contributed by atoms with Gasteiger partial charge in [0, 0.05) is 28.4 Å². The van der Waals surface area contributed by atoms with Crippen LogP contribution in [0.3, 0.4) is 0 Å². The van der Waals surface area contributed by atoms with E-state index in [0.29, 0.717) is 12.8 Å². The molecule has 0 aliphatic heterocycles. The molecular formula is C27H24F3NO7S. The van der Waals surface area contributed by atoms with Crippen molar-refractivity contribution >= 4 is 44.2 Å². The van der Waals surface area contributed by atoms with Gasteiger partial charge in [0.15, 0.2) is 17.8 Å². The average molecular weight is 564 g/mol. The molecule has 0 radical (unpaired) electrons. The lowest BCUT2D eigenvalue weighted by molar-refractivity contribution is -0.0500. The second kappa shape index (κ2) is 9.92. The molecule has 0 N–H and O–H groups in total. The smallest absolute Gasteiger partial charge is 0.493 e. The van der Waals surface area contributed by atoms with Crippen LogP contribution in [0, 0.1) is 13.8 Å². The number of carbonyl (C=O) groups is 2. The molecule has 0 aliphatic carbocycles. The molecule has 39 heavy (non-hydrogen) atoms. The van der Waals surface area contributed by atoms with E-state index in [1.807, 2.05) is 32.9 Å². The van der Waals surface area contributed by atoms with Crippen LogP contribution in [-0.4, -0.2) is 45.0 Å². The van der Waals surface area contributed by atoms with Crippen LogP contribution in [0.4, 0.5) is 13.2 Å². The Kier molecular flexibility index (Phi) is 7.11. The van der Waals surface area contributed by atoms with Gasteiger partial charge in [-0.3, -0.25) is 4.79 Å². The molecule has 206 valence electrons. The summed E-state index contributed by atoms with van der Waals surface area (Å²) in [5.74, 6) is -1.96. The number of benzene rings is 3. The summed E-state index contributed by atoms with van der Waals surface area (Å²) < 4.78 is 78.5. The molecule has 0 unspecified atom stereocenters. The molecule has 1 aromatic heterocycles. The molecule has 0 spiro atoms. The second-order valence-electron chi connectivity index (χ2n) is 8.82. The van der Waals surface area contributed by atoms with Crippen molar-refractivity contribution in [3.8, 4) is 22.6 Å². The van der Waals surface area contributed by atoms with E-state index in [9.17, 15) is 31.2 Å². The van der Waals surface area contributed by atoms with E-state index in [1.54, 1.807) is 12.1 Å². The number of rotatable bonds is 7. The molecule has 4 rings (SSSR count). The van der Waals surface area contributed by atoms with Crippen LogP contribution in [0.1, 0.15) is 38.8 Å². The number of methoxy groups -OCH3 is 2. The largest absolute Gasteiger partial charge is 0.534 e. The number of aldehydes is 1. The minimum atomic E-state index is -6.05. The van der Waals surface area contributed by atoms with E-state index in [0.717, 1.165) is 52.2 Å². The van der Waals surface area contributed by atoms with Gasteiger partial charge >= 0.3 is 21.6 Å². The lowest BCUT2D eigenvalue weighted by atomic mass is 9.93. The number of alkyl halides is 3. The molecule has 8 nitrogen and oxygen atoms in total. The first-order valence-corrected chi connectivity index (χ1v) is 13.0. The molecule has 3 aromatic carbocycles. The van der Waals surface area contributed by atoms with Crippen molar-refractivity contribution in [2.24, 2.45) is 0 Å². The van der Waals surface area contributed by atoms with Gasteiger partial charge in [-0.2, -0.15) is 21.6 Å². The Morgan fingerprint density at radius 1 is 0.974 bits per heavy atom. The first-order valence-electron chi connectivity index (χ1n) is 11.6. The first-order chi connectivity index (χ1) is 18.3. The highest BCUT2D eigenvalue weighted by Crippen LogP contribution is 2.42. The number of carbonyl (C=O) groups excluding carboxylic acids is 2. The zero-order chi connectivity index (χ0) is 28.9. The van der Waals surface area contributed by atoms with E-state index < -0.39 is 33.1 Å². The summed E-state index contributed by atoms with van der Waals surface area (Å²) in [5.41, 5.74) is -1.79. The van der Waals surface area contributed by atoms with Crippen LogP contribution in [0.5, 0.6) is 11.5 Å². The third-order valence-electron chi connectivity index (χ3n) is 6.39. The molecule has 0 amide bonds.